The highest BCUT2D eigenvalue weighted by molar-refractivity contribution is 7.91. The van der Waals surface area contributed by atoms with Crippen LogP contribution in [0.25, 0.3) is 0 Å². The molecule has 0 atom stereocenters. The van der Waals surface area contributed by atoms with Gasteiger partial charge in [-0.15, -0.1) is 0 Å². The van der Waals surface area contributed by atoms with E-state index in [0.717, 1.165) is 0 Å². The van der Waals surface area contributed by atoms with Gasteiger partial charge >= 0.3 is 11.9 Å². The summed E-state index contributed by atoms with van der Waals surface area (Å²) in [5.74, 6) is -0.504. The predicted octanol–water partition coefficient (Wildman–Crippen LogP) is 1.09. The summed E-state index contributed by atoms with van der Waals surface area (Å²) in [5, 5.41) is 0. The second-order valence-electron chi connectivity index (χ2n) is 4.22. The van der Waals surface area contributed by atoms with Gasteiger partial charge in [0, 0.05) is 12.8 Å². The Hall–Kier alpha value is -1.11. The summed E-state index contributed by atoms with van der Waals surface area (Å²) < 4.78 is 32.2. The molecule has 0 amide bonds. The van der Waals surface area contributed by atoms with Crippen molar-refractivity contribution in [3.63, 3.8) is 0 Å². The standard InChI is InChI=1S/C12H22O6S/c1-17-11(13)7-3-5-9-19(15,16)10-6-4-8-12(14)18-2/h3-10H2,1-2H3. The van der Waals surface area contributed by atoms with Gasteiger partial charge in [-0.25, -0.2) is 8.42 Å². The molecular formula is C12H22O6S. The molecule has 0 N–H and O–H groups in total. The van der Waals surface area contributed by atoms with Crippen molar-refractivity contribution < 1.29 is 27.5 Å². The molecule has 6 nitrogen and oxygen atoms in total. The smallest absolute Gasteiger partial charge is 0.305 e. The number of unbranched alkanes of at least 4 members (excludes halogenated alkanes) is 2. The summed E-state index contributed by atoms with van der Waals surface area (Å²) >= 11 is 0. The van der Waals surface area contributed by atoms with Crippen LogP contribution in [0.3, 0.4) is 0 Å². The summed E-state index contributed by atoms with van der Waals surface area (Å²) in [6.45, 7) is 0. The number of esters is 2. The van der Waals surface area contributed by atoms with Crippen LogP contribution in [-0.2, 0) is 28.9 Å². The lowest BCUT2D eigenvalue weighted by Gasteiger charge is -2.04. The lowest BCUT2D eigenvalue weighted by atomic mass is 10.2. The zero-order valence-electron chi connectivity index (χ0n) is 11.5. The van der Waals surface area contributed by atoms with E-state index in [1.807, 2.05) is 0 Å². The van der Waals surface area contributed by atoms with Crippen LogP contribution in [0.15, 0.2) is 0 Å². The van der Waals surface area contributed by atoms with Gasteiger partial charge in [0.15, 0.2) is 0 Å². The maximum atomic E-state index is 11.6. The first kappa shape index (κ1) is 17.9. The molecule has 0 fully saturated rings. The van der Waals surface area contributed by atoms with Crippen molar-refractivity contribution in [2.75, 3.05) is 25.7 Å². The molecule has 0 unspecified atom stereocenters. The minimum Gasteiger partial charge on any atom is -0.469 e. The topological polar surface area (TPSA) is 86.7 Å². The van der Waals surface area contributed by atoms with Gasteiger partial charge in [-0.1, -0.05) is 0 Å². The van der Waals surface area contributed by atoms with E-state index in [1.165, 1.54) is 14.2 Å². The Morgan fingerprint density at radius 2 is 1.16 bits per heavy atom. The van der Waals surface area contributed by atoms with Gasteiger partial charge in [0.05, 0.1) is 25.7 Å². The van der Waals surface area contributed by atoms with E-state index < -0.39 is 9.84 Å². The van der Waals surface area contributed by atoms with Gasteiger partial charge < -0.3 is 9.47 Å². The molecular weight excluding hydrogens is 272 g/mol. The van der Waals surface area contributed by atoms with Crippen LogP contribution in [0.1, 0.15) is 38.5 Å². The third-order valence-electron chi connectivity index (χ3n) is 2.63. The minimum absolute atomic E-state index is 0.0716. The molecule has 19 heavy (non-hydrogen) atoms. The van der Waals surface area contributed by atoms with Crippen molar-refractivity contribution >= 4 is 21.8 Å². The Kier molecular flexibility index (Phi) is 9.20. The highest BCUT2D eigenvalue weighted by Gasteiger charge is 2.11. The number of rotatable bonds is 10. The molecule has 0 aromatic heterocycles. The Balaban J connectivity index is 3.69. The summed E-state index contributed by atoms with van der Waals surface area (Å²) in [6.07, 6.45) is 2.41. The summed E-state index contributed by atoms with van der Waals surface area (Å²) in [4.78, 5) is 21.6. The first-order valence-corrected chi connectivity index (χ1v) is 8.07. The van der Waals surface area contributed by atoms with Crippen LogP contribution < -0.4 is 0 Å². The fourth-order valence-corrected chi connectivity index (χ4v) is 2.98. The molecule has 7 heteroatoms. The zero-order valence-corrected chi connectivity index (χ0v) is 12.3. The van der Waals surface area contributed by atoms with E-state index in [9.17, 15) is 18.0 Å². The van der Waals surface area contributed by atoms with Crippen molar-refractivity contribution in [1.82, 2.24) is 0 Å². The summed E-state index contributed by atoms with van der Waals surface area (Å²) in [5.41, 5.74) is 0. The maximum Gasteiger partial charge on any atom is 0.305 e. The van der Waals surface area contributed by atoms with Crippen LogP contribution in [0.5, 0.6) is 0 Å². The minimum atomic E-state index is -3.10. The molecule has 0 aromatic rings. The van der Waals surface area contributed by atoms with E-state index in [1.54, 1.807) is 0 Å². The maximum absolute atomic E-state index is 11.6. The van der Waals surface area contributed by atoms with Gasteiger partial charge in [-0.05, 0) is 25.7 Å². The highest BCUT2D eigenvalue weighted by Crippen LogP contribution is 2.06. The molecule has 112 valence electrons. The van der Waals surface area contributed by atoms with Crippen molar-refractivity contribution in [3.05, 3.63) is 0 Å². The Morgan fingerprint density at radius 3 is 1.47 bits per heavy atom. The summed E-state index contributed by atoms with van der Waals surface area (Å²) in [7, 11) is -0.483. The van der Waals surface area contributed by atoms with Crippen LogP contribution >= 0.6 is 0 Å². The molecule has 0 aromatic carbocycles. The van der Waals surface area contributed by atoms with Gasteiger partial charge in [-0.2, -0.15) is 0 Å². The van der Waals surface area contributed by atoms with Crippen LogP contribution in [-0.4, -0.2) is 46.1 Å². The number of carbonyl (C=O) groups is 2. The molecule has 0 aliphatic heterocycles. The van der Waals surface area contributed by atoms with E-state index in [-0.39, 0.29) is 36.3 Å². The lowest BCUT2D eigenvalue weighted by Crippen LogP contribution is -2.12. The molecule has 0 aliphatic carbocycles. The molecule has 0 saturated carbocycles. The van der Waals surface area contributed by atoms with Gasteiger partial charge in [0.2, 0.25) is 0 Å². The zero-order chi connectivity index (χ0) is 14.7. The second-order valence-corrected chi connectivity index (χ2v) is 6.52. The quantitative estimate of drug-likeness (QED) is 0.443. The Bertz CT molecular complexity index is 344. The van der Waals surface area contributed by atoms with E-state index in [4.69, 9.17) is 0 Å². The van der Waals surface area contributed by atoms with Crippen LogP contribution in [0, 0.1) is 0 Å². The third kappa shape index (κ3) is 10.5. The molecule has 0 radical (unpaired) electrons. The first-order chi connectivity index (χ1) is 8.91. The number of sulfone groups is 1. The largest absolute Gasteiger partial charge is 0.469 e. The van der Waals surface area contributed by atoms with Crippen molar-refractivity contribution in [1.29, 1.82) is 0 Å². The lowest BCUT2D eigenvalue weighted by molar-refractivity contribution is -0.141. The fourth-order valence-electron chi connectivity index (χ4n) is 1.49. The average molecular weight is 294 g/mol. The normalized spacial score (nSPS) is 11.1. The number of hydrogen-bond donors (Lipinski definition) is 0. The van der Waals surface area contributed by atoms with Crippen molar-refractivity contribution in [2.24, 2.45) is 0 Å². The van der Waals surface area contributed by atoms with Crippen molar-refractivity contribution in [2.45, 2.75) is 38.5 Å². The second kappa shape index (κ2) is 9.77. The summed E-state index contributed by atoms with van der Waals surface area (Å²) in [6, 6.07) is 0. The monoisotopic (exact) mass is 294 g/mol. The van der Waals surface area contributed by atoms with Gasteiger partial charge in [-0.3, -0.25) is 9.59 Å². The van der Waals surface area contributed by atoms with Crippen molar-refractivity contribution in [3.8, 4) is 0 Å². The number of hydrogen-bond acceptors (Lipinski definition) is 6. The molecule has 0 spiro atoms. The van der Waals surface area contributed by atoms with Gasteiger partial charge in [0.1, 0.15) is 9.84 Å². The average Bonchev–Trinajstić information content (AvgIpc) is 2.39. The molecule has 0 saturated heterocycles. The van der Waals surface area contributed by atoms with E-state index in [2.05, 4.69) is 9.47 Å². The first-order valence-electron chi connectivity index (χ1n) is 6.25. The molecule has 0 aliphatic rings. The fraction of sp³-hybridized carbons (Fsp3) is 0.833. The number of carbonyl (C=O) groups excluding carboxylic acids is 2. The molecule has 0 heterocycles. The van der Waals surface area contributed by atoms with E-state index >= 15 is 0 Å². The SMILES string of the molecule is COC(=O)CCCCS(=O)(=O)CCCCC(=O)OC. The Morgan fingerprint density at radius 1 is 0.789 bits per heavy atom. The molecule has 0 rings (SSSR count). The van der Waals surface area contributed by atoms with E-state index in [0.29, 0.717) is 25.7 Å². The molecule has 0 bridgehead atoms. The third-order valence-corrected chi connectivity index (χ3v) is 4.45. The van der Waals surface area contributed by atoms with Crippen LogP contribution in [0.4, 0.5) is 0 Å². The Labute approximate surface area is 114 Å². The number of methoxy groups -OCH3 is 2. The predicted molar refractivity (Wildman–Crippen MR) is 70.4 cm³/mol. The van der Waals surface area contributed by atoms with Gasteiger partial charge in [0.25, 0.3) is 0 Å². The highest BCUT2D eigenvalue weighted by atomic mass is 32.2. The van der Waals surface area contributed by atoms with Crippen LogP contribution in [0.2, 0.25) is 0 Å². The number of ether oxygens (including phenoxy) is 2.